The van der Waals surface area contributed by atoms with Gasteiger partial charge in [0.05, 0.1) is 44.4 Å². The van der Waals surface area contributed by atoms with Gasteiger partial charge in [-0.3, -0.25) is 34.2 Å². The van der Waals surface area contributed by atoms with E-state index in [1.807, 2.05) is 0 Å². The van der Waals surface area contributed by atoms with E-state index in [0.29, 0.717) is 11.4 Å². The minimum atomic E-state index is -1.20. The van der Waals surface area contributed by atoms with E-state index in [-0.39, 0.29) is 17.5 Å². The summed E-state index contributed by atoms with van der Waals surface area (Å²) in [5.74, 6) is -3.09. The number of fused-ring (bicyclic) bond motifs is 1. The Morgan fingerprint density at radius 2 is 1.43 bits per heavy atom. The van der Waals surface area contributed by atoms with Gasteiger partial charge in [0.25, 0.3) is 17.7 Å². The van der Waals surface area contributed by atoms with Gasteiger partial charge in [0.15, 0.2) is 0 Å². The van der Waals surface area contributed by atoms with Gasteiger partial charge in [0.1, 0.15) is 17.8 Å². The summed E-state index contributed by atoms with van der Waals surface area (Å²) in [4.78, 5) is 67.8. The number of esters is 2. The molecule has 2 fully saturated rings. The van der Waals surface area contributed by atoms with Crippen LogP contribution in [0.15, 0.2) is 48.5 Å². The highest BCUT2D eigenvalue weighted by Gasteiger charge is 2.62. The molecule has 0 saturated carbocycles. The molecule has 0 bridgehead atoms. The van der Waals surface area contributed by atoms with Crippen molar-refractivity contribution in [3.8, 4) is 5.75 Å². The first-order valence-electron chi connectivity index (χ1n) is 11.7. The predicted octanol–water partition coefficient (Wildman–Crippen LogP) is 0.768. The number of methoxy groups -OCH3 is 3. The number of carbonyl (C=O) groups is 5. The average molecular weight is 507 g/mol. The van der Waals surface area contributed by atoms with E-state index in [1.54, 1.807) is 36.4 Å². The Morgan fingerprint density at radius 3 is 1.97 bits per heavy atom. The van der Waals surface area contributed by atoms with Crippen LogP contribution < -0.4 is 15.0 Å². The lowest BCUT2D eigenvalue weighted by Crippen LogP contribution is -2.77. The van der Waals surface area contributed by atoms with Crippen LogP contribution in [0.1, 0.15) is 27.1 Å². The second-order valence-corrected chi connectivity index (χ2v) is 9.00. The minimum Gasteiger partial charge on any atom is -0.497 e. The number of rotatable bonds is 6. The standard InChI is InChI=1S/C26H25N3O8/c1-35-14-10-8-13(9-11-14)28-20(19-17(25(33)36-2)12-18(27-19)26(34)37-3)21(24(28)32)29-22(30)15-6-4-5-7-16(15)23(29)31/h4-11,17-21,27H,12H2,1-3H3/t17-,18-,19+,20+,21-/m1/s1. The number of hydrogen-bond donors (Lipinski definition) is 1. The number of amides is 3. The van der Waals surface area contributed by atoms with Gasteiger partial charge in [-0.05, 0) is 42.8 Å². The zero-order valence-electron chi connectivity index (χ0n) is 20.4. The molecular weight excluding hydrogens is 482 g/mol. The summed E-state index contributed by atoms with van der Waals surface area (Å²) in [5, 5.41) is 3.11. The number of nitrogens with one attached hydrogen (secondary N) is 1. The molecule has 3 aliphatic heterocycles. The van der Waals surface area contributed by atoms with Gasteiger partial charge in [-0.25, -0.2) is 0 Å². The Bertz CT molecular complexity index is 1260. The lowest BCUT2D eigenvalue weighted by molar-refractivity contribution is -0.147. The van der Waals surface area contributed by atoms with Gasteiger partial charge < -0.3 is 19.1 Å². The van der Waals surface area contributed by atoms with Crippen LogP contribution in [0.5, 0.6) is 5.75 Å². The molecule has 0 aromatic heterocycles. The topological polar surface area (TPSA) is 132 Å². The number of benzene rings is 2. The number of β-lactam (4-membered cyclic amide) rings is 1. The molecule has 2 aromatic carbocycles. The molecule has 5 rings (SSSR count). The van der Waals surface area contributed by atoms with Crippen LogP contribution in [0.4, 0.5) is 5.69 Å². The van der Waals surface area contributed by atoms with Crippen molar-refractivity contribution in [1.29, 1.82) is 0 Å². The van der Waals surface area contributed by atoms with E-state index in [1.165, 1.54) is 38.4 Å². The Labute approximate surface area is 212 Å². The van der Waals surface area contributed by atoms with Crippen molar-refractivity contribution in [1.82, 2.24) is 10.2 Å². The molecule has 0 radical (unpaired) electrons. The van der Waals surface area contributed by atoms with Gasteiger partial charge in [0, 0.05) is 11.7 Å². The monoisotopic (exact) mass is 507 g/mol. The van der Waals surface area contributed by atoms with E-state index in [4.69, 9.17) is 14.2 Å². The summed E-state index contributed by atoms with van der Waals surface area (Å²) in [7, 11) is 3.99. The van der Waals surface area contributed by atoms with E-state index in [9.17, 15) is 24.0 Å². The van der Waals surface area contributed by atoms with Crippen molar-refractivity contribution in [3.63, 3.8) is 0 Å². The fourth-order valence-electron chi connectivity index (χ4n) is 5.47. The van der Waals surface area contributed by atoms with Gasteiger partial charge in [-0.2, -0.15) is 0 Å². The summed E-state index contributed by atoms with van der Waals surface area (Å²) in [5.41, 5.74) is 0.896. The molecule has 3 amide bonds. The Balaban J connectivity index is 1.57. The lowest BCUT2D eigenvalue weighted by Gasteiger charge is -2.52. The number of ether oxygens (including phenoxy) is 3. The first-order chi connectivity index (χ1) is 17.8. The highest BCUT2D eigenvalue weighted by molar-refractivity contribution is 6.24. The molecule has 0 unspecified atom stereocenters. The van der Waals surface area contributed by atoms with Crippen LogP contribution >= 0.6 is 0 Å². The zero-order valence-corrected chi connectivity index (χ0v) is 20.4. The highest BCUT2D eigenvalue weighted by atomic mass is 16.5. The number of hydrogen-bond acceptors (Lipinski definition) is 9. The van der Waals surface area contributed by atoms with Crippen molar-refractivity contribution in [2.75, 3.05) is 26.2 Å². The molecule has 192 valence electrons. The molecule has 2 aromatic rings. The average Bonchev–Trinajstić information content (AvgIpc) is 3.46. The zero-order chi connectivity index (χ0) is 26.4. The first kappa shape index (κ1) is 24.4. The maximum Gasteiger partial charge on any atom is 0.322 e. The molecule has 2 saturated heterocycles. The Morgan fingerprint density at radius 1 is 0.838 bits per heavy atom. The lowest BCUT2D eigenvalue weighted by atomic mass is 9.81. The molecule has 1 N–H and O–H groups in total. The van der Waals surface area contributed by atoms with Gasteiger partial charge in [-0.15, -0.1) is 0 Å². The molecule has 3 aliphatic rings. The summed E-state index contributed by atoms with van der Waals surface area (Å²) in [6, 6.07) is 9.33. The molecule has 0 spiro atoms. The maximum absolute atomic E-state index is 13.6. The van der Waals surface area contributed by atoms with Gasteiger partial charge >= 0.3 is 11.9 Å². The van der Waals surface area contributed by atoms with E-state index < -0.39 is 59.7 Å². The van der Waals surface area contributed by atoms with Crippen LogP contribution in [0.25, 0.3) is 0 Å². The number of carbonyl (C=O) groups excluding carboxylic acids is 5. The largest absolute Gasteiger partial charge is 0.497 e. The van der Waals surface area contributed by atoms with E-state index >= 15 is 0 Å². The molecular formula is C26H25N3O8. The molecule has 11 heteroatoms. The maximum atomic E-state index is 13.6. The molecule has 37 heavy (non-hydrogen) atoms. The quantitative estimate of drug-likeness (QED) is 0.342. The number of imide groups is 1. The van der Waals surface area contributed by atoms with Crippen molar-refractivity contribution >= 4 is 35.3 Å². The molecule has 0 aliphatic carbocycles. The van der Waals surface area contributed by atoms with Crippen LogP contribution in [0.2, 0.25) is 0 Å². The van der Waals surface area contributed by atoms with Gasteiger partial charge in [-0.1, -0.05) is 12.1 Å². The SMILES string of the molecule is COC(=O)[C@H]1C[C@@H](C(=O)OC)[C@@H]([C@H]2[C@@H](N3C(=O)c4ccccc4C3=O)C(=O)N2c2ccc(OC)cc2)N1. The van der Waals surface area contributed by atoms with Crippen molar-refractivity contribution in [2.45, 2.75) is 30.6 Å². The third kappa shape index (κ3) is 3.73. The first-order valence-corrected chi connectivity index (χ1v) is 11.7. The molecule has 3 heterocycles. The predicted molar refractivity (Wildman–Crippen MR) is 128 cm³/mol. The van der Waals surface area contributed by atoms with Crippen LogP contribution in [-0.4, -0.2) is 80.1 Å². The highest BCUT2D eigenvalue weighted by Crippen LogP contribution is 2.41. The fourth-order valence-corrected chi connectivity index (χ4v) is 5.47. The van der Waals surface area contributed by atoms with Crippen molar-refractivity contribution in [3.05, 3.63) is 59.7 Å². The minimum absolute atomic E-state index is 0.0694. The van der Waals surface area contributed by atoms with Crippen molar-refractivity contribution in [2.24, 2.45) is 5.92 Å². The van der Waals surface area contributed by atoms with Crippen molar-refractivity contribution < 1.29 is 38.2 Å². The molecule has 11 nitrogen and oxygen atoms in total. The summed E-state index contributed by atoms with van der Waals surface area (Å²) >= 11 is 0. The smallest absolute Gasteiger partial charge is 0.322 e. The summed E-state index contributed by atoms with van der Waals surface area (Å²) < 4.78 is 15.1. The van der Waals surface area contributed by atoms with Gasteiger partial charge in [0.2, 0.25) is 0 Å². The van der Waals surface area contributed by atoms with Crippen LogP contribution in [0, 0.1) is 5.92 Å². The fraction of sp³-hybridized carbons (Fsp3) is 0.346. The van der Waals surface area contributed by atoms with E-state index in [2.05, 4.69) is 5.32 Å². The van der Waals surface area contributed by atoms with E-state index in [0.717, 1.165) is 4.90 Å². The second kappa shape index (κ2) is 9.32. The Hall–Kier alpha value is -4.25. The number of nitrogens with zero attached hydrogens (tertiary/aromatic N) is 2. The second-order valence-electron chi connectivity index (χ2n) is 9.00. The normalized spacial score (nSPS) is 26.6. The third-order valence-corrected chi connectivity index (χ3v) is 7.24. The third-order valence-electron chi connectivity index (χ3n) is 7.24. The summed E-state index contributed by atoms with van der Waals surface area (Å²) in [6.07, 6.45) is 0.0694. The van der Waals surface area contributed by atoms with Crippen LogP contribution in [0.3, 0.4) is 0 Å². The summed E-state index contributed by atoms with van der Waals surface area (Å²) in [6.45, 7) is 0. The van der Waals surface area contributed by atoms with Crippen LogP contribution in [-0.2, 0) is 23.9 Å². The Kier molecular flexibility index (Phi) is 6.16. The number of anilines is 1. The molecule has 5 atom stereocenters.